The van der Waals surface area contributed by atoms with Crippen LogP contribution < -0.4 is 0 Å². The number of nitrogens with zero attached hydrogens (tertiary/aromatic N) is 4. The molecule has 0 aliphatic heterocycles. The first-order valence-corrected chi connectivity index (χ1v) is 7.48. The lowest BCUT2D eigenvalue weighted by molar-refractivity contribution is -0.137. The largest absolute Gasteiger partial charge is 0.416 e. The average molecular weight is 357 g/mol. The van der Waals surface area contributed by atoms with E-state index in [0.717, 1.165) is 17.8 Å². The minimum atomic E-state index is -4.44. The molecule has 0 bridgehead atoms. The van der Waals surface area contributed by atoms with Gasteiger partial charge in [-0.1, -0.05) is 17.3 Å². The predicted octanol–water partition coefficient (Wildman–Crippen LogP) is 4.21. The van der Waals surface area contributed by atoms with Crippen molar-refractivity contribution < 1.29 is 17.7 Å². The van der Waals surface area contributed by atoms with Crippen LogP contribution >= 0.6 is 0 Å². The van der Waals surface area contributed by atoms with E-state index in [2.05, 4.69) is 25.3 Å². The zero-order valence-corrected chi connectivity index (χ0v) is 13.0. The standard InChI is InChI=1S/C17H10F3N5O/c18-17(19,20)12-3-1-2-10(8-12)15-23-16(26-25-15)11-4-5-13(21-9-11)14-6-7-22-24-14/h1-9H,(H,22,24). The second-order valence-corrected chi connectivity index (χ2v) is 5.40. The molecule has 0 radical (unpaired) electrons. The Morgan fingerprint density at radius 1 is 1.00 bits per heavy atom. The van der Waals surface area contributed by atoms with Crippen LogP contribution in [0.1, 0.15) is 5.56 Å². The van der Waals surface area contributed by atoms with E-state index < -0.39 is 11.7 Å². The first-order valence-electron chi connectivity index (χ1n) is 7.48. The number of aromatic amines is 1. The molecule has 0 spiro atoms. The van der Waals surface area contributed by atoms with Crippen LogP contribution in [-0.2, 0) is 6.18 Å². The molecule has 0 unspecified atom stereocenters. The Hall–Kier alpha value is -3.49. The number of pyridine rings is 1. The van der Waals surface area contributed by atoms with Crippen LogP contribution in [0.4, 0.5) is 13.2 Å². The molecule has 0 atom stereocenters. The third kappa shape index (κ3) is 3.06. The molecule has 0 saturated carbocycles. The molecule has 4 rings (SSSR count). The molecule has 4 aromatic rings. The molecule has 9 heteroatoms. The highest BCUT2D eigenvalue weighted by atomic mass is 19.4. The van der Waals surface area contributed by atoms with E-state index in [4.69, 9.17) is 4.52 Å². The van der Waals surface area contributed by atoms with Gasteiger partial charge in [-0.2, -0.15) is 23.3 Å². The van der Waals surface area contributed by atoms with Gasteiger partial charge in [0.05, 0.1) is 22.5 Å². The van der Waals surface area contributed by atoms with Crippen molar-refractivity contribution in [1.29, 1.82) is 0 Å². The van der Waals surface area contributed by atoms with Gasteiger partial charge in [-0.25, -0.2) is 0 Å². The quantitative estimate of drug-likeness (QED) is 0.594. The third-order valence-corrected chi connectivity index (χ3v) is 3.66. The summed E-state index contributed by atoms with van der Waals surface area (Å²) in [5, 5.41) is 10.4. The summed E-state index contributed by atoms with van der Waals surface area (Å²) in [6.45, 7) is 0. The van der Waals surface area contributed by atoms with Gasteiger partial charge < -0.3 is 4.52 Å². The lowest BCUT2D eigenvalue weighted by Crippen LogP contribution is -2.04. The Morgan fingerprint density at radius 3 is 2.58 bits per heavy atom. The Labute approximate surface area is 144 Å². The lowest BCUT2D eigenvalue weighted by atomic mass is 10.1. The number of hydrogen-bond acceptors (Lipinski definition) is 5. The summed E-state index contributed by atoms with van der Waals surface area (Å²) in [4.78, 5) is 8.44. The topological polar surface area (TPSA) is 80.5 Å². The van der Waals surface area contributed by atoms with Crippen LogP contribution in [0.3, 0.4) is 0 Å². The van der Waals surface area contributed by atoms with Crippen molar-refractivity contribution in [2.24, 2.45) is 0 Å². The molecule has 0 saturated heterocycles. The van der Waals surface area contributed by atoms with Gasteiger partial charge in [0.1, 0.15) is 0 Å². The van der Waals surface area contributed by atoms with Crippen molar-refractivity contribution in [3.05, 3.63) is 60.4 Å². The van der Waals surface area contributed by atoms with Crippen LogP contribution in [0.25, 0.3) is 34.2 Å². The van der Waals surface area contributed by atoms with E-state index in [1.54, 1.807) is 30.6 Å². The highest BCUT2D eigenvalue weighted by Crippen LogP contribution is 2.32. The van der Waals surface area contributed by atoms with Crippen molar-refractivity contribution in [3.8, 4) is 34.2 Å². The van der Waals surface area contributed by atoms with Crippen LogP contribution in [0.2, 0.25) is 0 Å². The van der Waals surface area contributed by atoms with Crippen molar-refractivity contribution in [2.45, 2.75) is 6.18 Å². The molecule has 0 fully saturated rings. The van der Waals surface area contributed by atoms with E-state index in [1.165, 1.54) is 12.1 Å². The fourth-order valence-corrected chi connectivity index (χ4v) is 2.37. The monoisotopic (exact) mass is 357 g/mol. The number of H-pyrrole nitrogens is 1. The zero-order valence-electron chi connectivity index (χ0n) is 13.0. The summed E-state index contributed by atoms with van der Waals surface area (Å²) in [6.07, 6.45) is -1.28. The number of benzene rings is 1. The summed E-state index contributed by atoms with van der Waals surface area (Å²) in [7, 11) is 0. The fourth-order valence-electron chi connectivity index (χ4n) is 2.37. The normalized spacial score (nSPS) is 11.7. The van der Waals surface area contributed by atoms with E-state index in [1.807, 2.05) is 0 Å². The summed E-state index contributed by atoms with van der Waals surface area (Å²) in [6, 6.07) is 10.0. The SMILES string of the molecule is FC(F)(F)c1cccc(-c2noc(-c3ccc(-c4ccn[nH]4)nc3)n2)c1. The molecular formula is C17H10F3N5O. The Bertz CT molecular complexity index is 1020. The second-order valence-electron chi connectivity index (χ2n) is 5.40. The minimum absolute atomic E-state index is 0.0729. The zero-order chi connectivity index (χ0) is 18.1. The molecule has 26 heavy (non-hydrogen) atoms. The van der Waals surface area contributed by atoms with Crippen LogP contribution in [0.15, 0.2) is 59.4 Å². The van der Waals surface area contributed by atoms with Gasteiger partial charge in [0, 0.05) is 18.0 Å². The summed E-state index contributed by atoms with van der Waals surface area (Å²) in [5.41, 5.74) is 1.44. The highest BCUT2D eigenvalue weighted by Gasteiger charge is 2.30. The van der Waals surface area contributed by atoms with E-state index in [0.29, 0.717) is 11.3 Å². The van der Waals surface area contributed by atoms with Gasteiger partial charge >= 0.3 is 6.18 Å². The highest BCUT2D eigenvalue weighted by molar-refractivity contribution is 5.62. The molecular weight excluding hydrogens is 347 g/mol. The number of rotatable bonds is 3. The number of halogens is 3. The van der Waals surface area contributed by atoms with Crippen molar-refractivity contribution >= 4 is 0 Å². The van der Waals surface area contributed by atoms with Crippen LogP contribution in [0, 0.1) is 0 Å². The van der Waals surface area contributed by atoms with Gasteiger partial charge in [-0.05, 0) is 30.3 Å². The smallest absolute Gasteiger partial charge is 0.334 e. The molecule has 6 nitrogen and oxygen atoms in total. The van der Waals surface area contributed by atoms with Crippen LogP contribution in [0.5, 0.6) is 0 Å². The Morgan fingerprint density at radius 2 is 1.88 bits per heavy atom. The van der Waals surface area contributed by atoms with Crippen molar-refractivity contribution in [2.75, 3.05) is 0 Å². The van der Waals surface area contributed by atoms with Gasteiger partial charge in [-0.15, -0.1) is 0 Å². The molecule has 0 aliphatic carbocycles. The molecule has 3 aromatic heterocycles. The number of hydrogen-bond donors (Lipinski definition) is 1. The molecule has 0 aliphatic rings. The summed E-state index contributed by atoms with van der Waals surface area (Å²) < 4.78 is 43.6. The minimum Gasteiger partial charge on any atom is -0.334 e. The lowest BCUT2D eigenvalue weighted by Gasteiger charge is -2.06. The third-order valence-electron chi connectivity index (χ3n) is 3.66. The number of alkyl halides is 3. The second kappa shape index (κ2) is 6.10. The Balaban J connectivity index is 1.62. The fraction of sp³-hybridized carbons (Fsp3) is 0.0588. The summed E-state index contributed by atoms with van der Waals surface area (Å²) in [5.74, 6) is 0.241. The molecule has 3 heterocycles. The van der Waals surface area contributed by atoms with Crippen molar-refractivity contribution in [3.63, 3.8) is 0 Å². The van der Waals surface area contributed by atoms with E-state index in [9.17, 15) is 13.2 Å². The van der Waals surface area contributed by atoms with Crippen LogP contribution in [-0.4, -0.2) is 25.3 Å². The molecule has 0 amide bonds. The van der Waals surface area contributed by atoms with E-state index in [-0.39, 0.29) is 17.3 Å². The molecule has 1 N–H and O–H groups in total. The first kappa shape index (κ1) is 16.0. The van der Waals surface area contributed by atoms with Gasteiger partial charge in [0.2, 0.25) is 5.82 Å². The number of nitrogens with one attached hydrogen (secondary N) is 1. The maximum absolute atomic E-state index is 12.8. The van der Waals surface area contributed by atoms with E-state index >= 15 is 0 Å². The van der Waals surface area contributed by atoms with Crippen molar-refractivity contribution in [1.82, 2.24) is 25.3 Å². The average Bonchev–Trinajstić information content (AvgIpc) is 3.33. The Kier molecular flexibility index (Phi) is 3.76. The van der Waals surface area contributed by atoms with Gasteiger partial charge in [0.15, 0.2) is 0 Å². The summed E-state index contributed by atoms with van der Waals surface area (Å²) >= 11 is 0. The van der Waals surface area contributed by atoms with Gasteiger partial charge in [0.25, 0.3) is 5.89 Å². The maximum atomic E-state index is 12.8. The first-order chi connectivity index (χ1) is 12.5. The molecule has 1 aromatic carbocycles. The van der Waals surface area contributed by atoms with Gasteiger partial charge in [-0.3, -0.25) is 10.1 Å². The predicted molar refractivity (Wildman–Crippen MR) is 85.5 cm³/mol. The maximum Gasteiger partial charge on any atom is 0.416 e. The number of aromatic nitrogens is 5. The molecule has 130 valence electrons.